The van der Waals surface area contributed by atoms with E-state index in [9.17, 15) is 0 Å². The minimum atomic E-state index is 0. The largest absolute Gasteiger partial charge is 0.328 e. The number of nitrogens with two attached hydrogens (primary N) is 1. The molecule has 3 N–H and O–H groups in total. The third-order valence-electron chi connectivity index (χ3n) is 2.12. The van der Waals surface area contributed by atoms with E-state index in [1.165, 1.54) is 0 Å². The van der Waals surface area contributed by atoms with Gasteiger partial charge in [-0.15, -0.1) is 12.4 Å². The van der Waals surface area contributed by atoms with Crippen LogP contribution in [0.4, 0.5) is 0 Å². The fourth-order valence-corrected chi connectivity index (χ4v) is 1.87. The predicted molar refractivity (Wildman–Crippen MR) is 68.4 cm³/mol. The minimum Gasteiger partial charge on any atom is -0.328 e. The Balaban J connectivity index is 0.00000112. The Morgan fingerprint density at radius 3 is 2.93 bits per heavy atom. The van der Waals surface area contributed by atoms with Crippen LogP contribution in [0.15, 0.2) is 22.7 Å². The number of H-pyrrole nitrogens is 1. The second kappa shape index (κ2) is 4.96. The molecule has 82 valence electrons. The maximum atomic E-state index is 5.75. The monoisotopic (exact) mass is 289 g/mol. The summed E-state index contributed by atoms with van der Waals surface area (Å²) in [5.74, 6) is 0. The number of rotatable bonds is 2. The number of aromatic nitrogens is 2. The summed E-state index contributed by atoms with van der Waals surface area (Å²) in [4.78, 5) is 0. The van der Waals surface area contributed by atoms with Crippen LogP contribution in [0.3, 0.4) is 0 Å². The van der Waals surface area contributed by atoms with Gasteiger partial charge in [-0.05, 0) is 25.1 Å². The summed E-state index contributed by atoms with van der Waals surface area (Å²) >= 11 is 3.44. The van der Waals surface area contributed by atoms with Crippen molar-refractivity contribution >= 4 is 39.2 Å². The van der Waals surface area contributed by atoms with Gasteiger partial charge in [-0.3, -0.25) is 5.10 Å². The van der Waals surface area contributed by atoms with Crippen LogP contribution in [0.1, 0.15) is 12.6 Å². The molecule has 2 aromatic rings. The summed E-state index contributed by atoms with van der Waals surface area (Å²) in [6, 6.07) is 6.19. The molecule has 1 aromatic carbocycles. The van der Waals surface area contributed by atoms with E-state index in [0.29, 0.717) is 0 Å². The van der Waals surface area contributed by atoms with Crippen LogP contribution in [0, 0.1) is 0 Å². The lowest BCUT2D eigenvalue weighted by Crippen LogP contribution is -2.18. The number of nitrogens with one attached hydrogen (secondary N) is 1. The molecule has 1 unspecified atom stereocenters. The van der Waals surface area contributed by atoms with Crippen molar-refractivity contribution in [3.63, 3.8) is 0 Å². The molecule has 2 rings (SSSR count). The van der Waals surface area contributed by atoms with Crippen LogP contribution in [0.2, 0.25) is 0 Å². The topological polar surface area (TPSA) is 54.7 Å². The SMILES string of the molecule is CC(N)Cc1[nH]nc2ccc(Br)cc12.Cl. The van der Waals surface area contributed by atoms with Gasteiger partial charge in [0.15, 0.2) is 0 Å². The highest BCUT2D eigenvalue weighted by atomic mass is 79.9. The molecule has 1 aromatic heterocycles. The number of benzene rings is 1. The van der Waals surface area contributed by atoms with Crippen LogP contribution < -0.4 is 5.73 Å². The first-order valence-electron chi connectivity index (χ1n) is 4.55. The van der Waals surface area contributed by atoms with E-state index in [1.54, 1.807) is 0 Å². The molecule has 0 aliphatic rings. The smallest absolute Gasteiger partial charge is 0.0924 e. The number of fused-ring (bicyclic) bond motifs is 1. The summed E-state index contributed by atoms with van der Waals surface area (Å²) in [7, 11) is 0. The third-order valence-corrected chi connectivity index (χ3v) is 2.61. The van der Waals surface area contributed by atoms with Crippen molar-refractivity contribution in [1.29, 1.82) is 0 Å². The van der Waals surface area contributed by atoms with Crippen LogP contribution in [0.25, 0.3) is 10.9 Å². The van der Waals surface area contributed by atoms with Gasteiger partial charge in [-0.25, -0.2) is 0 Å². The highest BCUT2D eigenvalue weighted by Crippen LogP contribution is 2.21. The Morgan fingerprint density at radius 1 is 1.53 bits per heavy atom. The Kier molecular flexibility index (Phi) is 4.13. The molecule has 0 aliphatic carbocycles. The Bertz CT molecular complexity index is 453. The minimum absolute atomic E-state index is 0. The van der Waals surface area contributed by atoms with Crippen molar-refractivity contribution in [1.82, 2.24) is 10.2 Å². The summed E-state index contributed by atoms with van der Waals surface area (Å²) in [6.45, 7) is 1.99. The lowest BCUT2D eigenvalue weighted by molar-refractivity contribution is 0.722. The van der Waals surface area contributed by atoms with Crippen molar-refractivity contribution in [3.8, 4) is 0 Å². The average molecular weight is 291 g/mol. The lowest BCUT2D eigenvalue weighted by Gasteiger charge is -2.02. The van der Waals surface area contributed by atoms with Gasteiger partial charge >= 0.3 is 0 Å². The first kappa shape index (κ1) is 12.5. The molecular weight excluding hydrogens is 277 g/mol. The van der Waals surface area contributed by atoms with Gasteiger partial charge < -0.3 is 5.73 Å². The van der Waals surface area contributed by atoms with Gasteiger partial charge in [0.25, 0.3) is 0 Å². The van der Waals surface area contributed by atoms with E-state index in [-0.39, 0.29) is 18.4 Å². The molecule has 15 heavy (non-hydrogen) atoms. The first-order chi connectivity index (χ1) is 6.66. The van der Waals surface area contributed by atoms with Gasteiger partial charge in [-0.2, -0.15) is 5.10 Å². The van der Waals surface area contributed by atoms with E-state index in [2.05, 4.69) is 32.2 Å². The molecule has 3 nitrogen and oxygen atoms in total. The van der Waals surface area contributed by atoms with Crippen molar-refractivity contribution < 1.29 is 0 Å². The Labute approximate surface area is 103 Å². The van der Waals surface area contributed by atoms with E-state index in [1.807, 2.05) is 19.1 Å². The predicted octanol–water partition coefficient (Wildman–Crippen LogP) is 2.64. The molecular formula is C10H13BrClN3. The maximum Gasteiger partial charge on any atom is 0.0924 e. The van der Waals surface area contributed by atoms with Gasteiger partial charge in [0.05, 0.1) is 5.52 Å². The number of hydrogen-bond donors (Lipinski definition) is 2. The van der Waals surface area contributed by atoms with Crippen molar-refractivity contribution in [2.75, 3.05) is 0 Å². The molecule has 0 aliphatic heterocycles. The van der Waals surface area contributed by atoms with Crippen LogP contribution in [-0.4, -0.2) is 16.2 Å². The van der Waals surface area contributed by atoms with Gasteiger partial charge in [-0.1, -0.05) is 15.9 Å². The zero-order chi connectivity index (χ0) is 10.1. The quantitative estimate of drug-likeness (QED) is 0.893. The number of halogens is 2. The Hall–Kier alpha value is -0.580. The molecule has 0 amide bonds. The van der Waals surface area contributed by atoms with Crippen molar-refractivity contribution in [2.24, 2.45) is 5.73 Å². The first-order valence-corrected chi connectivity index (χ1v) is 5.34. The average Bonchev–Trinajstić information content (AvgIpc) is 2.47. The van der Waals surface area contributed by atoms with Crippen LogP contribution in [0.5, 0.6) is 0 Å². The van der Waals surface area contributed by atoms with E-state index >= 15 is 0 Å². The Morgan fingerprint density at radius 2 is 2.27 bits per heavy atom. The van der Waals surface area contributed by atoms with Crippen LogP contribution >= 0.6 is 28.3 Å². The molecule has 0 saturated carbocycles. The molecule has 1 heterocycles. The highest BCUT2D eigenvalue weighted by Gasteiger charge is 2.07. The van der Waals surface area contributed by atoms with Crippen molar-refractivity contribution in [3.05, 3.63) is 28.4 Å². The van der Waals surface area contributed by atoms with Gasteiger partial charge in [0.2, 0.25) is 0 Å². The molecule has 0 spiro atoms. The zero-order valence-corrected chi connectivity index (χ0v) is 10.7. The standard InChI is InChI=1S/C10H12BrN3.ClH/c1-6(12)4-10-8-5-7(11)2-3-9(8)13-14-10;/h2-3,5-6H,4,12H2,1H3,(H,13,14);1H. The van der Waals surface area contributed by atoms with E-state index in [4.69, 9.17) is 5.73 Å². The van der Waals surface area contributed by atoms with Gasteiger partial charge in [0, 0.05) is 28.0 Å². The second-order valence-corrected chi connectivity index (χ2v) is 4.46. The molecule has 0 saturated heterocycles. The van der Waals surface area contributed by atoms with E-state index < -0.39 is 0 Å². The molecule has 0 radical (unpaired) electrons. The fraction of sp³-hybridized carbons (Fsp3) is 0.300. The van der Waals surface area contributed by atoms with Crippen molar-refractivity contribution in [2.45, 2.75) is 19.4 Å². The highest BCUT2D eigenvalue weighted by molar-refractivity contribution is 9.10. The number of nitrogens with zero attached hydrogens (tertiary/aromatic N) is 1. The number of aromatic amines is 1. The maximum absolute atomic E-state index is 5.75. The second-order valence-electron chi connectivity index (χ2n) is 3.55. The molecule has 0 fully saturated rings. The fourth-order valence-electron chi connectivity index (χ4n) is 1.51. The van der Waals surface area contributed by atoms with E-state index in [0.717, 1.165) is 27.5 Å². The summed E-state index contributed by atoms with van der Waals surface area (Å²) in [5, 5.41) is 8.38. The molecule has 5 heteroatoms. The molecule has 1 atom stereocenters. The lowest BCUT2D eigenvalue weighted by atomic mass is 10.1. The third kappa shape index (κ3) is 2.71. The normalized spacial score (nSPS) is 12.5. The summed E-state index contributed by atoms with van der Waals surface area (Å²) in [6.07, 6.45) is 0.826. The zero-order valence-electron chi connectivity index (χ0n) is 8.33. The summed E-state index contributed by atoms with van der Waals surface area (Å²) < 4.78 is 1.07. The number of hydrogen-bond acceptors (Lipinski definition) is 2. The van der Waals surface area contributed by atoms with Crippen LogP contribution in [-0.2, 0) is 6.42 Å². The molecule has 0 bridgehead atoms. The van der Waals surface area contributed by atoms with Gasteiger partial charge in [0.1, 0.15) is 0 Å². The summed E-state index contributed by atoms with van der Waals surface area (Å²) in [5.41, 5.74) is 7.85.